The molecule has 1 aliphatic heterocycles. The second-order valence-corrected chi connectivity index (χ2v) is 9.04. The molecule has 0 spiro atoms. The number of halogens is 4. The van der Waals surface area contributed by atoms with Crippen LogP contribution in [-0.4, -0.2) is 40.5 Å². The van der Waals surface area contributed by atoms with Crippen molar-refractivity contribution in [2.75, 3.05) is 11.9 Å². The minimum atomic E-state index is -4.58. The number of amidine groups is 2. The second kappa shape index (κ2) is 11.0. The molecule has 2 aromatic carbocycles. The number of hydrogen-bond donors (Lipinski definition) is 4. The molecule has 188 valence electrons. The lowest BCUT2D eigenvalue weighted by Crippen LogP contribution is -2.33. The molecule has 1 aliphatic rings. The van der Waals surface area contributed by atoms with E-state index in [0.29, 0.717) is 28.6 Å². The van der Waals surface area contributed by atoms with Gasteiger partial charge in [0, 0.05) is 29.0 Å². The van der Waals surface area contributed by atoms with E-state index >= 15 is 0 Å². The summed E-state index contributed by atoms with van der Waals surface area (Å²) >= 11 is 6.42. The molecule has 0 bridgehead atoms. The maximum atomic E-state index is 13.3. The predicted octanol–water partition coefficient (Wildman–Crippen LogP) is 5.36. The van der Waals surface area contributed by atoms with Gasteiger partial charge in [-0.05, 0) is 60.2 Å². The van der Waals surface area contributed by atoms with Crippen LogP contribution in [0.2, 0.25) is 5.02 Å². The fraction of sp³-hybridized carbons (Fsp3) is 0.174. The first-order chi connectivity index (χ1) is 16.9. The monoisotopic (exact) mass is 536 g/mol. The van der Waals surface area contributed by atoms with E-state index < -0.39 is 22.9 Å². The fourth-order valence-electron chi connectivity index (χ4n) is 3.29. The first kappa shape index (κ1) is 27.0. The molecule has 0 radical (unpaired) electrons. The van der Waals surface area contributed by atoms with Crippen molar-refractivity contribution in [1.29, 1.82) is 10.8 Å². The van der Waals surface area contributed by atoms with Crippen molar-refractivity contribution < 1.29 is 22.8 Å². The van der Waals surface area contributed by atoms with Crippen molar-refractivity contribution in [2.45, 2.75) is 19.6 Å². The van der Waals surface area contributed by atoms with Crippen LogP contribution in [0.4, 0.5) is 23.7 Å². The zero-order valence-corrected chi connectivity index (χ0v) is 20.3. The SMILES string of the molecule is CC(N)=NC(=N)CN1C(=O)S/C(=C\c2ccc(NCc3ccc(Cl)cc3C(F)(F)F)c(C=N)c2)C1=O. The van der Waals surface area contributed by atoms with Gasteiger partial charge in [-0.15, -0.1) is 0 Å². The lowest BCUT2D eigenvalue weighted by atomic mass is 10.1. The fourth-order valence-corrected chi connectivity index (χ4v) is 4.30. The van der Waals surface area contributed by atoms with Crippen LogP contribution in [0, 0.1) is 10.8 Å². The number of rotatable bonds is 7. The third-order valence-electron chi connectivity index (χ3n) is 4.87. The summed E-state index contributed by atoms with van der Waals surface area (Å²) in [6.07, 6.45) is -2.09. The number of nitrogens with two attached hydrogens (primary N) is 1. The first-order valence-electron chi connectivity index (χ1n) is 10.3. The summed E-state index contributed by atoms with van der Waals surface area (Å²) < 4.78 is 40.0. The van der Waals surface area contributed by atoms with Crippen molar-refractivity contribution in [3.05, 3.63) is 68.6 Å². The number of carbonyl (C=O) groups is 2. The van der Waals surface area contributed by atoms with E-state index in [0.717, 1.165) is 17.2 Å². The zero-order valence-electron chi connectivity index (χ0n) is 18.7. The van der Waals surface area contributed by atoms with Crippen LogP contribution in [0.1, 0.15) is 29.2 Å². The summed E-state index contributed by atoms with van der Waals surface area (Å²) in [6, 6.07) is 8.23. The van der Waals surface area contributed by atoms with Crippen molar-refractivity contribution in [3.8, 4) is 0 Å². The molecule has 0 atom stereocenters. The highest BCUT2D eigenvalue weighted by atomic mass is 35.5. The topological polar surface area (TPSA) is 135 Å². The normalized spacial score (nSPS) is 15.5. The van der Waals surface area contributed by atoms with Gasteiger partial charge in [0.25, 0.3) is 11.1 Å². The molecule has 8 nitrogen and oxygen atoms in total. The van der Waals surface area contributed by atoms with Crippen LogP contribution in [0.5, 0.6) is 0 Å². The number of amides is 2. The van der Waals surface area contributed by atoms with E-state index in [-0.39, 0.29) is 40.3 Å². The Morgan fingerprint density at radius 2 is 1.97 bits per heavy atom. The highest BCUT2D eigenvalue weighted by Gasteiger charge is 2.36. The highest BCUT2D eigenvalue weighted by Crippen LogP contribution is 2.35. The minimum Gasteiger partial charge on any atom is -0.387 e. The number of aliphatic imine (C=N–C) groups is 1. The summed E-state index contributed by atoms with van der Waals surface area (Å²) in [6.45, 7) is 0.990. The maximum Gasteiger partial charge on any atom is 0.416 e. The number of carbonyl (C=O) groups excluding carboxylic acids is 2. The van der Waals surface area contributed by atoms with Gasteiger partial charge in [0.15, 0.2) is 0 Å². The number of benzene rings is 2. The summed E-state index contributed by atoms with van der Waals surface area (Å²) in [5, 5.41) is 17.7. The summed E-state index contributed by atoms with van der Waals surface area (Å²) in [4.78, 5) is 29.6. The largest absolute Gasteiger partial charge is 0.416 e. The van der Waals surface area contributed by atoms with Crippen molar-refractivity contribution in [3.63, 3.8) is 0 Å². The summed E-state index contributed by atoms with van der Waals surface area (Å²) in [5.41, 5.74) is 5.81. The van der Waals surface area contributed by atoms with Gasteiger partial charge in [0.2, 0.25) is 0 Å². The molecule has 1 fully saturated rings. The number of anilines is 1. The lowest BCUT2D eigenvalue weighted by molar-refractivity contribution is -0.138. The standard InChI is InChI=1S/C23H20ClF3N6O2S/c1-12(29)32-20(30)11-33-21(34)19(36-22(33)35)7-13-2-5-18(15(6-13)9-28)31-10-14-3-4-16(24)8-17(14)23(25,26)27/h2-9,28,31H,10-11H2,1H3,(H3,29,30,32)/b19-7-,28-9?. The molecule has 36 heavy (non-hydrogen) atoms. The molecule has 0 unspecified atom stereocenters. The van der Waals surface area contributed by atoms with E-state index in [2.05, 4.69) is 10.3 Å². The van der Waals surface area contributed by atoms with Crippen LogP contribution >= 0.6 is 23.4 Å². The van der Waals surface area contributed by atoms with Gasteiger partial charge >= 0.3 is 6.18 Å². The number of imide groups is 1. The molecule has 0 aliphatic carbocycles. The first-order valence-corrected chi connectivity index (χ1v) is 11.5. The summed E-state index contributed by atoms with van der Waals surface area (Å²) in [7, 11) is 0. The Labute approximate surface area is 213 Å². The van der Waals surface area contributed by atoms with Gasteiger partial charge in [-0.25, -0.2) is 4.99 Å². The molecule has 13 heteroatoms. The zero-order chi connectivity index (χ0) is 26.6. The number of thioether (sulfide) groups is 1. The second-order valence-electron chi connectivity index (χ2n) is 7.61. The average molecular weight is 537 g/mol. The highest BCUT2D eigenvalue weighted by molar-refractivity contribution is 8.18. The number of nitrogens with one attached hydrogen (secondary N) is 3. The molecule has 1 heterocycles. The van der Waals surface area contributed by atoms with Gasteiger partial charge in [-0.1, -0.05) is 23.7 Å². The van der Waals surface area contributed by atoms with Gasteiger partial charge in [0.05, 0.1) is 22.8 Å². The van der Waals surface area contributed by atoms with Crippen molar-refractivity contribution >= 4 is 64.2 Å². The smallest absolute Gasteiger partial charge is 0.387 e. The Balaban J connectivity index is 1.79. The Hall–Kier alpha value is -3.64. The van der Waals surface area contributed by atoms with Crippen LogP contribution in [0.3, 0.4) is 0 Å². The summed E-state index contributed by atoms with van der Waals surface area (Å²) in [5.74, 6) is -0.712. The molecule has 5 N–H and O–H groups in total. The van der Waals surface area contributed by atoms with Crippen LogP contribution in [0.25, 0.3) is 6.08 Å². The van der Waals surface area contributed by atoms with Crippen LogP contribution in [0.15, 0.2) is 46.3 Å². The Morgan fingerprint density at radius 1 is 1.25 bits per heavy atom. The third-order valence-corrected chi connectivity index (χ3v) is 6.01. The molecular formula is C23H20ClF3N6O2S. The molecule has 2 amide bonds. The predicted molar refractivity (Wildman–Crippen MR) is 136 cm³/mol. The van der Waals surface area contributed by atoms with E-state index in [1.807, 2.05) is 0 Å². The Kier molecular flexibility index (Phi) is 8.21. The number of nitrogens with zero attached hydrogens (tertiary/aromatic N) is 2. The van der Waals surface area contributed by atoms with Gasteiger partial charge in [-0.2, -0.15) is 13.2 Å². The van der Waals surface area contributed by atoms with Gasteiger partial charge in [-0.3, -0.25) is 19.9 Å². The molecule has 0 saturated carbocycles. The van der Waals surface area contributed by atoms with E-state index in [9.17, 15) is 22.8 Å². The van der Waals surface area contributed by atoms with Crippen LogP contribution < -0.4 is 11.1 Å². The number of alkyl halides is 3. The molecule has 2 aromatic rings. The van der Waals surface area contributed by atoms with Crippen LogP contribution in [-0.2, 0) is 17.5 Å². The minimum absolute atomic E-state index is 0.0136. The van der Waals surface area contributed by atoms with Crippen molar-refractivity contribution in [2.24, 2.45) is 10.7 Å². The Bertz CT molecular complexity index is 1310. The van der Waals surface area contributed by atoms with Gasteiger partial charge < -0.3 is 16.5 Å². The van der Waals surface area contributed by atoms with Crippen molar-refractivity contribution in [1.82, 2.24) is 4.90 Å². The molecule has 0 aromatic heterocycles. The Morgan fingerprint density at radius 3 is 2.61 bits per heavy atom. The molecule has 1 saturated heterocycles. The lowest BCUT2D eigenvalue weighted by Gasteiger charge is -2.15. The maximum absolute atomic E-state index is 13.3. The van der Waals surface area contributed by atoms with Gasteiger partial charge in [0.1, 0.15) is 5.84 Å². The average Bonchev–Trinajstić information content (AvgIpc) is 3.04. The van der Waals surface area contributed by atoms with E-state index in [4.69, 9.17) is 28.2 Å². The number of hydrogen-bond acceptors (Lipinski definition) is 6. The quantitative estimate of drug-likeness (QED) is 0.214. The molecule has 3 rings (SSSR count). The third kappa shape index (κ3) is 6.52. The van der Waals surface area contributed by atoms with E-state index in [1.165, 1.54) is 25.1 Å². The molecular weight excluding hydrogens is 517 g/mol. The van der Waals surface area contributed by atoms with E-state index in [1.54, 1.807) is 18.2 Å².